The molecule has 2 heteroatoms. The molecule has 0 aliphatic heterocycles. The van der Waals surface area contributed by atoms with Crippen molar-refractivity contribution in [3.63, 3.8) is 0 Å². The maximum atomic E-state index is 4.01. The van der Waals surface area contributed by atoms with Crippen LogP contribution in [0, 0.1) is 5.92 Å². The molecular formula is C21H20HgN. The van der Waals surface area contributed by atoms with Gasteiger partial charge in [-0.2, -0.15) is 0 Å². The van der Waals surface area contributed by atoms with Crippen molar-refractivity contribution in [1.82, 2.24) is 2.33 Å². The van der Waals surface area contributed by atoms with E-state index in [1.165, 1.54) is 33.3 Å². The summed E-state index contributed by atoms with van der Waals surface area (Å²) in [7, 11) is 0. The molecule has 1 atom stereocenters. The topological polar surface area (TPSA) is 4.93 Å². The van der Waals surface area contributed by atoms with Gasteiger partial charge < -0.3 is 0 Å². The third-order valence-electron chi connectivity index (χ3n) is 4.28. The number of hydrogen-bond acceptors (Lipinski definition) is 0. The van der Waals surface area contributed by atoms with Crippen molar-refractivity contribution >= 4 is 28.6 Å². The summed E-state index contributed by atoms with van der Waals surface area (Å²) in [6.07, 6.45) is 17.4. The standard InChI is InChI=1S/C21H20N.Hg/c1-4-7-18-19-13-12-17(14-21(19)22-20(18)5-2)16-9-6-8-15(3)10-11-16;/h4-15H,2H2,1,3H3;/q-1;+1/b7-4-;. The van der Waals surface area contributed by atoms with Crippen LogP contribution in [-0.2, 0) is 26.4 Å². The Bertz CT molecular complexity index is 875. The summed E-state index contributed by atoms with van der Waals surface area (Å²) in [4.78, 5) is 0. The molecule has 111 valence electrons. The van der Waals surface area contributed by atoms with Crippen molar-refractivity contribution < 1.29 is 26.4 Å². The van der Waals surface area contributed by atoms with E-state index in [-0.39, 0.29) is 0 Å². The monoisotopic (exact) mass is 488 g/mol. The molecule has 1 aromatic carbocycles. The molecule has 1 unspecified atom stereocenters. The second-order valence-electron chi connectivity index (χ2n) is 5.89. The molecule has 2 aromatic rings. The molecule has 23 heavy (non-hydrogen) atoms. The number of rotatable bonds is 3. The summed E-state index contributed by atoms with van der Waals surface area (Å²) in [6, 6.07) is 6.81. The molecule has 0 fully saturated rings. The van der Waals surface area contributed by atoms with Crippen molar-refractivity contribution in [2.75, 3.05) is 0 Å². The van der Waals surface area contributed by atoms with Gasteiger partial charge in [-0.25, -0.2) is 0 Å². The summed E-state index contributed by atoms with van der Waals surface area (Å²) in [6.45, 7) is 8.28. The number of nitrogens with zero attached hydrogens (tertiary/aromatic N) is 1. The zero-order valence-corrected chi connectivity index (χ0v) is 19.3. The third kappa shape index (κ3) is 3.07. The molecule has 0 saturated carbocycles. The molecule has 0 radical (unpaired) electrons. The van der Waals surface area contributed by atoms with E-state index in [4.69, 9.17) is 0 Å². The molecule has 0 saturated heterocycles. The van der Waals surface area contributed by atoms with Crippen molar-refractivity contribution in [2.24, 2.45) is 5.92 Å². The van der Waals surface area contributed by atoms with Crippen LogP contribution >= 0.6 is 0 Å². The van der Waals surface area contributed by atoms with Crippen molar-refractivity contribution in [3.05, 3.63) is 78.1 Å². The van der Waals surface area contributed by atoms with Gasteiger partial charge in [0.05, 0.1) is 0 Å². The van der Waals surface area contributed by atoms with Crippen LogP contribution in [-0.4, -0.2) is 2.33 Å². The average Bonchev–Trinajstić information content (AvgIpc) is 2.69. The fourth-order valence-electron chi connectivity index (χ4n) is 3.04. The molecule has 0 amide bonds. The van der Waals surface area contributed by atoms with Gasteiger partial charge in [0.1, 0.15) is 0 Å². The Labute approximate surface area is 154 Å². The minimum atomic E-state index is 0.479. The Morgan fingerprint density at radius 3 is 2.83 bits per heavy atom. The van der Waals surface area contributed by atoms with E-state index < -0.39 is 0 Å². The Morgan fingerprint density at radius 1 is 1.26 bits per heavy atom. The van der Waals surface area contributed by atoms with E-state index in [1.807, 2.05) is 6.08 Å². The average molecular weight is 487 g/mol. The molecule has 3 rings (SSSR count). The molecular weight excluding hydrogens is 467 g/mol. The predicted molar refractivity (Wildman–Crippen MR) is 97.6 cm³/mol. The summed E-state index contributed by atoms with van der Waals surface area (Å²) >= 11 is 0.479. The van der Waals surface area contributed by atoms with Crippen molar-refractivity contribution in [1.29, 1.82) is 0 Å². The van der Waals surface area contributed by atoms with Gasteiger partial charge in [0, 0.05) is 0 Å². The van der Waals surface area contributed by atoms with Gasteiger partial charge in [-0.05, 0) is 0 Å². The number of benzene rings is 1. The second kappa shape index (κ2) is 6.88. The summed E-state index contributed by atoms with van der Waals surface area (Å²) in [5.41, 5.74) is 6.41. The van der Waals surface area contributed by atoms with Gasteiger partial charge in [0.25, 0.3) is 0 Å². The Balaban J connectivity index is 2.19. The van der Waals surface area contributed by atoms with Crippen LogP contribution < -0.4 is 0 Å². The van der Waals surface area contributed by atoms with Gasteiger partial charge in [-0.1, -0.05) is 0 Å². The van der Waals surface area contributed by atoms with Crippen LogP contribution in [0.3, 0.4) is 0 Å². The minimum absolute atomic E-state index is 0.479. The molecule has 1 nitrogen and oxygen atoms in total. The van der Waals surface area contributed by atoms with E-state index in [0.717, 1.165) is 0 Å². The number of allylic oxidation sites excluding steroid dienone is 7. The number of aromatic nitrogens is 1. The molecule has 1 aliphatic carbocycles. The van der Waals surface area contributed by atoms with Gasteiger partial charge in [-0.3, -0.25) is 0 Å². The Morgan fingerprint density at radius 2 is 2.09 bits per heavy atom. The first-order valence-corrected chi connectivity index (χ1v) is 10.4. The van der Waals surface area contributed by atoms with Crippen molar-refractivity contribution in [3.8, 4) is 0 Å². The maximum absolute atomic E-state index is 4.01. The quantitative estimate of drug-likeness (QED) is 0.485. The van der Waals surface area contributed by atoms with E-state index in [2.05, 4.69) is 83.5 Å². The van der Waals surface area contributed by atoms with E-state index in [0.29, 0.717) is 32.3 Å². The summed E-state index contributed by atoms with van der Waals surface area (Å²) in [5.74, 6) is 0.492. The van der Waals surface area contributed by atoms with Gasteiger partial charge in [-0.15, -0.1) is 0 Å². The number of fused-ring (bicyclic) bond motifs is 1. The predicted octanol–water partition coefficient (Wildman–Crippen LogP) is 5.77. The van der Waals surface area contributed by atoms with E-state index in [9.17, 15) is 0 Å². The van der Waals surface area contributed by atoms with E-state index in [1.54, 1.807) is 0 Å². The van der Waals surface area contributed by atoms with E-state index >= 15 is 0 Å². The first-order chi connectivity index (χ1) is 11.2. The van der Waals surface area contributed by atoms with Crippen LogP contribution in [0.15, 0.2) is 61.2 Å². The van der Waals surface area contributed by atoms with Crippen LogP contribution in [0.4, 0.5) is 0 Å². The number of hydrogen-bond donors (Lipinski definition) is 0. The fraction of sp³-hybridized carbons (Fsp3) is 0.143. The molecule has 0 N–H and O–H groups in total. The van der Waals surface area contributed by atoms with Gasteiger partial charge in [0.15, 0.2) is 0 Å². The second-order valence-corrected chi connectivity index (χ2v) is 8.35. The molecule has 1 heterocycles. The van der Waals surface area contributed by atoms with Crippen LogP contribution in [0.1, 0.15) is 30.7 Å². The van der Waals surface area contributed by atoms with Crippen LogP contribution in [0.5, 0.6) is 0 Å². The molecule has 1 aromatic heterocycles. The zero-order chi connectivity index (χ0) is 16.4. The Kier molecular flexibility index (Phi) is 4.86. The summed E-state index contributed by atoms with van der Waals surface area (Å²) < 4.78 is 2.42. The van der Waals surface area contributed by atoms with Crippen LogP contribution in [0.25, 0.3) is 28.6 Å². The normalized spacial score (nSPS) is 17.7. The van der Waals surface area contributed by atoms with Crippen LogP contribution in [0.2, 0.25) is 0 Å². The molecule has 1 aliphatic rings. The Hall–Kier alpha value is -1.60. The van der Waals surface area contributed by atoms with Crippen molar-refractivity contribution in [2.45, 2.75) is 13.8 Å². The first kappa shape index (κ1) is 16.3. The zero-order valence-electron chi connectivity index (χ0n) is 13.8. The summed E-state index contributed by atoms with van der Waals surface area (Å²) in [5, 5.41) is 1.32. The third-order valence-corrected chi connectivity index (χ3v) is 6.92. The molecule has 0 spiro atoms. The van der Waals surface area contributed by atoms with Gasteiger partial charge in [0.2, 0.25) is 0 Å². The fourth-order valence-corrected chi connectivity index (χ4v) is 5.22. The molecule has 0 bridgehead atoms. The SMILES string of the molecule is C=Cc1c(/C=C\C)c2ccc(C3=CC=CC(C)C=C3)cc2[n]1[Hg]. The first-order valence-electron chi connectivity index (χ1n) is 7.97. The van der Waals surface area contributed by atoms with Gasteiger partial charge >= 0.3 is 155 Å².